The van der Waals surface area contributed by atoms with Gasteiger partial charge < -0.3 is 19.1 Å². The third-order valence-corrected chi connectivity index (χ3v) is 4.15. The number of hydrogen-bond acceptors (Lipinski definition) is 4. The number of carbonyl (C=O) groups is 1. The quantitative estimate of drug-likeness (QED) is 0.838. The molecule has 0 atom stereocenters. The summed E-state index contributed by atoms with van der Waals surface area (Å²) in [5.41, 5.74) is 3.12. The number of aryl methyl sites for hydroxylation is 2. The van der Waals surface area contributed by atoms with E-state index in [1.807, 2.05) is 50.2 Å². The molecule has 2 aromatic rings. The predicted molar refractivity (Wildman–Crippen MR) is 95.3 cm³/mol. The molecule has 0 aromatic heterocycles. The highest BCUT2D eigenvalue weighted by molar-refractivity contribution is 5.77. The van der Waals surface area contributed by atoms with Crippen LogP contribution in [-0.2, 0) is 11.3 Å². The summed E-state index contributed by atoms with van der Waals surface area (Å²) in [5, 5.41) is 0. The summed E-state index contributed by atoms with van der Waals surface area (Å²) in [7, 11) is 1.77. The molecule has 0 spiro atoms. The summed E-state index contributed by atoms with van der Waals surface area (Å²) in [5.74, 6) is 2.16. The molecular weight excluding hydrogens is 318 g/mol. The number of likely N-dealkylation sites (N-methyl/N-ethyl adjacent to an activating group) is 1. The van der Waals surface area contributed by atoms with Crippen molar-refractivity contribution in [3.05, 3.63) is 53.1 Å². The topological polar surface area (TPSA) is 48.0 Å². The fraction of sp³-hybridized carbons (Fsp3) is 0.350. The summed E-state index contributed by atoms with van der Waals surface area (Å²) in [6.07, 6.45) is 0. The molecule has 1 aliphatic rings. The Labute approximate surface area is 148 Å². The average Bonchev–Trinajstić information content (AvgIpc) is 2.62. The van der Waals surface area contributed by atoms with Gasteiger partial charge in [-0.1, -0.05) is 18.2 Å². The van der Waals surface area contributed by atoms with E-state index in [0.29, 0.717) is 19.8 Å². The number of carbonyl (C=O) groups excluding carboxylic acids is 1. The normalized spacial score (nSPS) is 12.6. The van der Waals surface area contributed by atoms with Gasteiger partial charge in [0, 0.05) is 13.6 Å². The highest BCUT2D eigenvalue weighted by Gasteiger charge is 2.15. The largest absolute Gasteiger partial charge is 0.486 e. The van der Waals surface area contributed by atoms with Gasteiger partial charge in [-0.05, 0) is 48.7 Å². The molecule has 0 unspecified atom stereocenters. The molecule has 0 fully saturated rings. The molecule has 0 bridgehead atoms. The molecule has 3 rings (SSSR count). The summed E-state index contributed by atoms with van der Waals surface area (Å²) in [6.45, 7) is 5.60. The predicted octanol–water partition coefficient (Wildman–Crippen LogP) is 3.11. The van der Waals surface area contributed by atoms with Gasteiger partial charge in [0.25, 0.3) is 5.91 Å². The zero-order chi connectivity index (χ0) is 17.8. The average molecular weight is 341 g/mol. The number of hydrogen-bond donors (Lipinski definition) is 0. The molecule has 25 heavy (non-hydrogen) atoms. The smallest absolute Gasteiger partial charge is 0.260 e. The number of ether oxygens (including phenoxy) is 3. The molecule has 132 valence electrons. The van der Waals surface area contributed by atoms with E-state index in [0.717, 1.165) is 33.9 Å². The fourth-order valence-electron chi connectivity index (χ4n) is 2.66. The summed E-state index contributed by atoms with van der Waals surface area (Å²) >= 11 is 0. The van der Waals surface area contributed by atoms with Crippen LogP contribution in [0.1, 0.15) is 16.7 Å². The highest BCUT2D eigenvalue weighted by Crippen LogP contribution is 2.31. The second kappa shape index (κ2) is 7.47. The van der Waals surface area contributed by atoms with Crippen LogP contribution in [0.2, 0.25) is 0 Å². The Morgan fingerprint density at radius 3 is 2.64 bits per heavy atom. The van der Waals surface area contributed by atoms with Crippen LogP contribution in [0.5, 0.6) is 17.2 Å². The van der Waals surface area contributed by atoms with E-state index in [4.69, 9.17) is 14.2 Å². The molecule has 0 aliphatic carbocycles. The number of amides is 1. The SMILES string of the molecule is Cc1ccc(C)c(OCC(=O)N(C)Cc2ccc3c(c2)OCCO3)c1. The molecule has 0 saturated heterocycles. The van der Waals surface area contributed by atoms with Crippen molar-refractivity contribution in [1.82, 2.24) is 4.90 Å². The van der Waals surface area contributed by atoms with Crippen LogP contribution in [0, 0.1) is 13.8 Å². The molecule has 1 aliphatic heterocycles. The summed E-state index contributed by atoms with van der Waals surface area (Å²) in [4.78, 5) is 14.0. The lowest BCUT2D eigenvalue weighted by atomic mass is 10.1. The molecule has 0 saturated carbocycles. The molecule has 0 N–H and O–H groups in total. The minimum Gasteiger partial charge on any atom is -0.486 e. The Morgan fingerprint density at radius 1 is 1.08 bits per heavy atom. The number of rotatable bonds is 5. The van der Waals surface area contributed by atoms with Crippen molar-refractivity contribution in [2.45, 2.75) is 20.4 Å². The standard InChI is InChI=1S/C20H23NO4/c1-14-4-5-15(2)18(10-14)25-13-20(22)21(3)12-16-6-7-17-19(11-16)24-9-8-23-17/h4-7,10-11H,8-9,12-13H2,1-3H3. The van der Waals surface area contributed by atoms with Crippen LogP contribution in [0.4, 0.5) is 0 Å². The Morgan fingerprint density at radius 2 is 1.84 bits per heavy atom. The first-order valence-electron chi connectivity index (χ1n) is 8.35. The lowest BCUT2D eigenvalue weighted by molar-refractivity contribution is -0.132. The van der Waals surface area contributed by atoms with Gasteiger partial charge in [0.1, 0.15) is 19.0 Å². The minimum atomic E-state index is -0.0733. The molecule has 5 nitrogen and oxygen atoms in total. The van der Waals surface area contributed by atoms with Gasteiger partial charge >= 0.3 is 0 Å². The van der Waals surface area contributed by atoms with E-state index in [2.05, 4.69) is 0 Å². The van der Waals surface area contributed by atoms with Crippen LogP contribution in [0.25, 0.3) is 0 Å². The fourth-order valence-corrected chi connectivity index (χ4v) is 2.66. The Bertz CT molecular complexity index is 772. The van der Waals surface area contributed by atoms with Gasteiger partial charge in [-0.3, -0.25) is 4.79 Å². The van der Waals surface area contributed by atoms with E-state index in [-0.39, 0.29) is 12.5 Å². The first kappa shape index (κ1) is 17.1. The molecule has 2 aromatic carbocycles. The number of nitrogens with zero attached hydrogens (tertiary/aromatic N) is 1. The van der Waals surface area contributed by atoms with Crippen molar-refractivity contribution in [3.63, 3.8) is 0 Å². The maximum atomic E-state index is 12.4. The van der Waals surface area contributed by atoms with Gasteiger partial charge in [0.2, 0.25) is 0 Å². The van der Waals surface area contributed by atoms with Gasteiger partial charge in [0.05, 0.1) is 0 Å². The van der Waals surface area contributed by atoms with Crippen LogP contribution in [0.3, 0.4) is 0 Å². The number of fused-ring (bicyclic) bond motifs is 1. The van der Waals surface area contributed by atoms with E-state index in [9.17, 15) is 4.79 Å². The summed E-state index contributed by atoms with van der Waals surface area (Å²) in [6, 6.07) is 11.7. The van der Waals surface area contributed by atoms with E-state index < -0.39 is 0 Å². The van der Waals surface area contributed by atoms with Crippen LogP contribution in [-0.4, -0.2) is 37.7 Å². The second-order valence-electron chi connectivity index (χ2n) is 6.29. The lowest BCUT2D eigenvalue weighted by Crippen LogP contribution is -2.31. The molecule has 1 heterocycles. The van der Waals surface area contributed by atoms with Crippen molar-refractivity contribution in [1.29, 1.82) is 0 Å². The minimum absolute atomic E-state index is 0.0192. The third kappa shape index (κ3) is 4.24. The molecule has 1 amide bonds. The van der Waals surface area contributed by atoms with E-state index >= 15 is 0 Å². The van der Waals surface area contributed by atoms with Crippen LogP contribution in [0.15, 0.2) is 36.4 Å². The summed E-state index contributed by atoms with van der Waals surface area (Å²) < 4.78 is 16.8. The zero-order valence-corrected chi connectivity index (χ0v) is 14.9. The molecular formula is C20H23NO4. The zero-order valence-electron chi connectivity index (χ0n) is 14.9. The lowest BCUT2D eigenvalue weighted by Gasteiger charge is -2.21. The van der Waals surface area contributed by atoms with Gasteiger partial charge in [-0.25, -0.2) is 0 Å². The van der Waals surface area contributed by atoms with Crippen LogP contribution >= 0.6 is 0 Å². The van der Waals surface area contributed by atoms with Crippen molar-refractivity contribution in [3.8, 4) is 17.2 Å². The molecule has 5 heteroatoms. The Balaban J connectivity index is 1.58. The Kier molecular flexibility index (Phi) is 5.12. The van der Waals surface area contributed by atoms with Crippen molar-refractivity contribution in [2.24, 2.45) is 0 Å². The van der Waals surface area contributed by atoms with Gasteiger partial charge in [0.15, 0.2) is 18.1 Å². The second-order valence-corrected chi connectivity index (χ2v) is 6.29. The Hall–Kier alpha value is -2.69. The monoisotopic (exact) mass is 341 g/mol. The maximum absolute atomic E-state index is 12.4. The first-order chi connectivity index (χ1) is 12.0. The van der Waals surface area contributed by atoms with Crippen molar-refractivity contribution >= 4 is 5.91 Å². The van der Waals surface area contributed by atoms with Crippen molar-refractivity contribution < 1.29 is 19.0 Å². The highest BCUT2D eigenvalue weighted by atomic mass is 16.6. The number of benzene rings is 2. The van der Waals surface area contributed by atoms with Gasteiger partial charge in [-0.15, -0.1) is 0 Å². The molecule has 0 radical (unpaired) electrons. The van der Waals surface area contributed by atoms with E-state index in [1.54, 1.807) is 11.9 Å². The van der Waals surface area contributed by atoms with Crippen LogP contribution < -0.4 is 14.2 Å². The first-order valence-corrected chi connectivity index (χ1v) is 8.35. The third-order valence-electron chi connectivity index (χ3n) is 4.15. The van der Waals surface area contributed by atoms with Gasteiger partial charge in [-0.2, -0.15) is 0 Å². The van der Waals surface area contributed by atoms with E-state index in [1.165, 1.54) is 0 Å². The van der Waals surface area contributed by atoms with Crippen molar-refractivity contribution in [2.75, 3.05) is 26.9 Å². The maximum Gasteiger partial charge on any atom is 0.260 e.